The molecule has 1 aromatic rings. The average molecular weight is 323 g/mol. The molecule has 23 heavy (non-hydrogen) atoms. The van der Waals surface area contributed by atoms with E-state index in [9.17, 15) is 14.7 Å². The third kappa shape index (κ3) is 7.15. The predicted molar refractivity (Wildman–Crippen MR) is 86.2 cm³/mol. The molecule has 1 rings (SSSR count). The maximum absolute atomic E-state index is 12.2. The highest BCUT2D eigenvalue weighted by Crippen LogP contribution is 2.13. The monoisotopic (exact) mass is 323 g/mol. The lowest BCUT2D eigenvalue weighted by atomic mass is 10.2. The third-order valence-corrected chi connectivity index (χ3v) is 3.32. The predicted octanol–water partition coefficient (Wildman–Crippen LogP) is 1.40. The second kappa shape index (κ2) is 9.84. The summed E-state index contributed by atoms with van der Waals surface area (Å²) in [4.78, 5) is 24.9. The van der Waals surface area contributed by atoms with E-state index in [2.05, 4.69) is 4.74 Å². The normalized spacial score (nSPS) is 11.7. The zero-order chi connectivity index (χ0) is 17.2. The van der Waals surface area contributed by atoms with Crippen LogP contribution in [0.3, 0.4) is 0 Å². The Morgan fingerprint density at radius 2 is 2.09 bits per heavy atom. The van der Waals surface area contributed by atoms with Crippen molar-refractivity contribution in [2.45, 2.75) is 32.8 Å². The number of aliphatic hydroxyl groups excluding tert-OH is 1. The van der Waals surface area contributed by atoms with Crippen LogP contribution in [-0.4, -0.2) is 54.8 Å². The van der Waals surface area contributed by atoms with E-state index in [1.165, 1.54) is 12.0 Å². The van der Waals surface area contributed by atoms with E-state index in [-0.39, 0.29) is 32.0 Å². The molecule has 1 N–H and O–H groups in total. The van der Waals surface area contributed by atoms with Crippen molar-refractivity contribution in [3.05, 3.63) is 29.8 Å². The van der Waals surface area contributed by atoms with E-state index in [1.54, 1.807) is 13.0 Å². The molecule has 0 aliphatic heterocycles. The molecule has 1 atom stereocenters. The second-order valence-electron chi connectivity index (χ2n) is 5.30. The molecular weight excluding hydrogens is 298 g/mol. The molecule has 0 spiro atoms. The zero-order valence-corrected chi connectivity index (χ0v) is 13.9. The molecule has 6 nitrogen and oxygen atoms in total. The fourth-order valence-corrected chi connectivity index (χ4v) is 2.06. The number of amides is 1. The maximum atomic E-state index is 12.2. The second-order valence-corrected chi connectivity index (χ2v) is 5.30. The molecule has 0 aromatic heterocycles. The summed E-state index contributed by atoms with van der Waals surface area (Å²) in [6.07, 6.45) is 0.290. The summed E-state index contributed by atoms with van der Waals surface area (Å²) in [6, 6.07) is 7.55. The molecule has 0 heterocycles. The fourth-order valence-electron chi connectivity index (χ4n) is 2.06. The van der Waals surface area contributed by atoms with Crippen LogP contribution < -0.4 is 4.74 Å². The molecular formula is C17H25NO5. The van der Waals surface area contributed by atoms with E-state index >= 15 is 0 Å². The fraction of sp³-hybridized carbons (Fsp3) is 0.529. The summed E-state index contributed by atoms with van der Waals surface area (Å²) in [6.45, 7) is 3.83. The summed E-state index contributed by atoms with van der Waals surface area (Å²) in [5.74, 6) is -0.0515. The van der Waals surface area contributed by atoms with Gasteiger partial charge in [0.2, 0.25) is 0 Å². The Morgan fingerprint density at radius 1 is 1.35 bits per heavy atom. The highest BCUT2D eigenvalue weighted by Gasteiger charge is 2.17. The highest BCUT2D eigenvalue weighted by atomic mass is 16.5. The SMILES string of the molecule is CCc1cccc(OCC(=O)N(CCC(=O)OC)CC(C)O)c1. The Balaban J connectivity index is 2.59. The van der Waals surface area contributed by atoms with Crippen molar-refractivity contribution in [3.8, 4) is 5.75 Å². The lowest BCUT2D eigenvalue weighted by Crippen LogP contribution is -2.40. The number of aliphatic hydroxyl groups is 1. The van der Waals surface area contributed by atoms with Gasteiger partial charge in [-0.05, 0) is 31.0 Å². The average Bonchev–Trinajstić information content (AvgIpc) is 2.55. The molecule has 0 radical (unpaired) electrons. The first-order valence-electron chi connectivity index (χ1n) is 7.70. The van der Waals surface area contributed by atoms with Crippen LogP contribution in [0.15, 0.2) is 24.3 Å². The Hall–Kier alpha value is -2.08. The summed E-state index contributed by atoms with van der Waals surface area (Å²) in [5, 5.41) is 9.50. The Labute approximate surface area is 137 Å². The smallest absolute Gasteiger partial charge is 0.307 e. The van der Waals surface area contributed by atoms with Crippen molar-refractivity contribution in [1.29, 1.82) is 0 Å². The molecule has 1 amide bonds. The maximum Gasteiger partial charge on any atom is 0.307 e. The van der Waals surface area contributed by atoms with Crippen LogP contribution in [0.4, 0.5) is 0 Å². The van der Waals surface area contributed by atoms with Gasteiger partial charge in [-0.3, -0.25) is 9.59 Å². The number of esters is 1. The van der Waals surface area contributed by atoms with Crippen LogP contribution >= 0.6 is 0 Å². The highest BCUT2D eigenvalue weighted by molar-refractivity contribution is 5.78. The quantitative estimate of drug-likeness (QED) is 0.695. The van der Waals surface area contributed by atoms with Crippen LogP contribution in [0.25, 0.3) is 0 Å². The van der Waals surface area contributed by atoms with Gasteiger partial charge in [-0.2, -0.15) is 0 Å². The zero-order valence-electron chi connectivity index (χ0n) is 13.9. The van der Waals surface area contributed by atoms with Crippen LogP contribution in [0.2, 0.25) is 0 Å². The van der Waals surface area contributed by atoms with Crippen LogP contribution in [0.1, 0.15) is 25.8 Å². The Kier molecular flexibility index (Phi) is 8.11. The molecule has 0 bridgehead atoms. The van der Waals surface area contributed by atoms with Gasteiger partial charge in [0.25, 0.3) is 5.91 Å². The molecule has 0 fully saturated rings. The van der Waals surface area contributed by atoms with Crippen molar-refractivity contribution in [2.24, 2.45) is 0 Å². The largest absolute Gasteiger partial charge is 0.484 e. The van der Waals surface area contributed by atoms with Crippen molar-refractivity contribution in [2.75, 3.05) is 26.8 Å². The van der Waals surface area contributed by atoms with Crippen LogP contribution in [0.5, 0.6) is 5.75 Å². The minimum atomic E-state index is -0.681. The van der Waals surface area contributed by atoms with Gasteiger partial charge in [-0.25, -0.2) is 0 Å². The van der Waals surface area contributed by atoms with Crippen LogP contribution in [0, 0.1) is 0 Å². The van der Waals surface area contributed by atoms with E-state index in [1.807, 2.05) is 25.1 Å². The van der Waals surface area contributed by atoms with Crippen molar-refractivity contribution < 1.29 is 24.2 Å². The number of rotatable bonds is 9. The van der Waals surface area contributed by atoms with Gasteiger partial charge in [0.15, 0.2) is 6.61 Å². The molecule has 6 heteroatoms. The summed E-state index contributed by atoms with van der Waals surface area (Å²) < 4.78 is 10.1. The summed E-state index contributed by atoms with van der Waals surface area (Å²) in [5.41, 5.74) is 1.13. The lowest BCUT2D eigenvalue weighted by Gasteiger charge is -2.23. The first-order valence-corrected chi connectivity index (χ1v) is 7.70. The molecule has 1 unspecified atom stereocenters. The standard InChI is InChI=1S/C17H25NO5/c1-4-14-6-5-7-15(10-14)23-12-16(20)18(11-13(2)19)9-8-17(21)22-3/h5-7,10,13,19H,4,8-9,11-12H2,1-3H3. The lowest BCUT2D eigenvalue weighted by molar-refractivity contribution is -0.142. The van der Waals surface area contributed by atoms with Crippen molar-refractivity contribution >= 4 is 11.9 Å². The van der Waals surface area contributed by atoms with E-state index in [0.717, 1.165) is 12.0 Å². The number of hydrogen-bond donors (Lipinski definition) is 1. The number of ether oxygens (including phenoxy) is 2. The minimum Gasteiger partial charge on any atom is -0.484 e. The van der Waals surface area contributed by atoms with E-state index < -0.39 is 12.1 Å². The molecule has 0 saturated carbocycles. The third-order valence-electron chi connectivity index (χ3n) is 3.32. The van der Waals surface area contributed by atoms with Crippen molar-refractivity contribution in [1.82, 2.24) is 4.90 Å². The molecule has 0 aliphatic rings. The molecule has 0 saturated heterocycles. The number of nitrogens with zero attached hydrogens (tertiary/aromatic N) is 1. The van der Waals surface area contributed by atoms with Gasteiger partial charge < -0.3 is 19.5 Å². The summed E-state index contributed by atoms with van der Waals surface area (Å²) in [7, 11) is 1.30. The number of benzene rings is 1. The van der Waals surface area contributed by atoms with E-state index in [4.69, 9.17) is 4.74 Å². The van der Waals surface area contributed by atoms with Gasteiger partial charge >= 0.3 is 5.97 Å². The molecule has 1 aromatic carbocycles. The number of methoxy groups -OCH3 is 1. The van der Waals surface area contributed by atoms with E-state index in [0.29, 0.717) is 5.75 Å². The Morgan fingerprint density at radius 3 is 2.70 bits per heavy atom. The van der Waals surface area contributed by atoms with Gasteiger partial charge in [-0.15, -0.1) is 0 Å². The molecule has 0 aliphatic carbocycles. The number of carbonyl (C=O) groups excluding carboxylic acids is 2. The molecule has 128 valence electrons. The van der Waals surface area contributed by atoms with Crippen LogP contribution in [-0.2, 0) is 20.7 Å². The van der Waals surface area contributed by atoms with Crippen molar-refractivity contribution in [3.63, 3.8) is 0 Å². The van der Waals surface area contributed by atoms with Gasteiger partial charge in [0.1, 0.15) is 5.75 Å². The Bertz CT molecular complexity index is 515. The summed E-state index contributed by atoms with van der Waals surface area (Å²) >= 11 is 0. The van der Waals surface area contributed by atoms with Gasteiger partial charge in [0, 0.05) is 13.1 Å². The topological polar surface area (TPSA) is 76.1 Å². The van der Waals surface area contributed by atoms with Gasteiger partial charge in [0.05, 0.1) is 19.6 Å². The van der Waals surface area contributed by atoms with Gasteiger partial charge in [-0.1, -0.05) is 19.1 Å². The number of aryl methyl sites for hydroxylation is 1. The number of carbonyl (C=O) groups is 2. The first kappa shape index (κ1) is 19.0. The minimum absolute atomic E-state index is 0.0836. The first-order chi connectivity index (χ1) is 11.0. The number of hydrogen-bond acceptors (Lipinski definition) is 5.